The molecule has 0 radical (unpaired) electrons. The van der Waals surface area contributed by atoms with E-state index in [1.54, 1.807) is 28.9 Å². The second-order valence-corrected chi connectivity index (χ2v) is 7.15. The van der Waals surface area contributed by atoms with Crippen LogP contribution in [0.3, 0.4) is 0 Å². The van der Waals surface area contributed by atoms with Crippen LogP contribution in [0, 0.1) is 26.6 Å². The number of piperazine rings is 1. The first-order chi connectivity index (χ1) is 13.4. The van der Waals surface area contributed by atoms with Crippen LogP contribution in [0.15, 0.2) is 36.4 Å². The fourth-order valence-electron chi connectivity index (χ4n) is 3.32. The lowest BCUT2D eigenvalue weighted by Crippen LogP contribution is -2.51. The lowest BCUT2D eigenvalue weighted by molar-refractivity contribution is -0.134. The van der Waals surface area contributed by atoms with Crippen molar-refractivity contribution in [3.8, 4) is 5.75 Å². The van der Waals surface area contributed by atoms with E-state index in [9.17, 15) is 14.0 Å². The molecule has 1 saturated heterocycles. The van der Waals surface area contributed by atoms with Crippen LogP contribution in [-0.2, 0) is 4.79 Å². The summed E-state index contributed by atoms with van der Waals surface area (Å²) in [6.07, 6.45) is 0. The Labute approximate surface area is 164 Å². The first kappa shape index (κ1) is 19.9. The Balaban J connectivity index is 1.53. The average molecular weight is 384 g/mol. The Morgan fingerprint density at radius 3 is 2.14 bits per heavy atom. The van der Waals surface area contributed by atoms with E-state index in [4.69, 9.17) is 4.74 Å². The van der Waals surface area contributed by atoms with E-state index in [-0.39, 0.29) is 24.2 Å². The maximum atomic E-state index is 13.7. The lowest BCUT2D eigenvalue weighted by Gasteiger charge is -2.34. The number of ether oxygens (including phenoxy) is 1. The molecule has 0 N–H and O–H groups in total. The van der Waals surface area contributed by atoms with Crippen LogP contribution in [0.1, 0.15) is 27.0 Å². The second kappa shape index (κ2) is 8.42. The van der Waals surface area contributed by atoms with Crippen LogP contribution in [0.4, 0.5) is 4.39 Å². The Kier molecular flexibility index (Phi) is 5.97. The summed E-state index contributed by atoms with van der Waals surface area (Å²) >= 11 is 0. The minimum absolute atomic E-state index is 0.0250. The van der Waals surface area contributed by atoms with Crippen molar-refractivity contribution in [2.75, 3.05) is 32.8 Å². The quantitative estimate of drug-likeness (QED) is 0.814. The normalized spacial score (nSPS) is 14.1. The number of para-hydroxylation sites is 1. The number of carbonyl (C=O) groups excluding carboxylic acids is 2. The van der Waals surface area contributed by atoms with Crippen LogP contribution < -0.4 is 4.74 Å². The van der Waals surface area contributed by atoms with Gasteiger partial charge in [-0.3, -0.25) is 9.59 Å². The first-order valence-corrected chi connectivity index (χ1v) is 9.39. The predicted octanol–water partition coefficient (Wildman–Crippen LogP) is 3.11. The Morgan fingerprint density at radius 1 is 0.929 bits per heavy atom. The van der Waals surface area contributed by atoms with Crippen LogP contribution in [-0.4, -0.2) is 54.4 Å². The van der Waals surface area contributed by atoms with Crippen molar-refractivity contribution < 1.29 is 18.7 Å². The fourth-order valence-corrected chi connectivity index (χ4v) is 3.32. The van der Waals surface area contributed by atoms with Crippen LogP contribution in [0.2, 0.25) is 0 Å². The summed E-state index contributed by atoms with van der Waals surface area (Å²) in [5.74, 6) is 0.0447. The fraction of sp³-hybridized carbons (Fsp3) is 0.364. The van der Waals surface area contributed by atoms with Crippen molar-refractivity contribution in [2.45, 2.75) is 20.8 Å². The summed E-state index contributed by atoms with van der Waals surface area (Å²) in [5, 5.41) is 0. The molecule has 1 aliphatic rings. The van der Waals surface area contributed by atoms with E-state index in [1.165, 1.54) is 6.07 Å². The van der Waals surface area contributed by atoms with Gasteiger partial charge >= 0.3 is 0 Å². The largest absolute Gasteiger partial charge is 0.483 e. The smallest absolute Gasteiger partial charge is 0.260 e. The van der Waals surface area contributed by atoms with E-state index < -0.39 is 0 Å². The van der Waals surface area contributed by atoms with E-state index in [0.717, 1.165) is 16.9 Å². The molecule has 0 bridgehead atoms. The molecule has 0 unspecified atom stereocenters. The molecule has 28 heavy (non-hydrogen) atoms. The standard InChI is InChI=1S/C22H25FN2O3/c1-15-7-8-18(13-19(15)23)22(27)25-11-9-24(10-12-25)20(26)14-28-21-16(2)5-4-6-17(21)3/h4-8,13H,9-12,14H2,1-3H3. The zero-order chi connectivity index (χ0) is 20.3. The third-order valence-electron chi connectivity index (χ3n) is 5.09. The van der Waals surface area contributed by atoms with Crippen LogP contribution in [0.25, 0.3) is 0 Å². The van der Waals surface area contributed by atoms with Gasteiger partial charge in [0.05, 0.1) is 0 Å². The molecule has 5 nitrogen and oxygen atoms in total. The predicted molar refractivity (Wildman–Crippen MR) is 105 cm³/mol. The molecule has 6 heteroatoms. The van der Waals surface area contributed by atoms with E-state index >= 15 is 0 Å². The molecular formula is C22H25FN2O3. The minimum atomic E-state index is -0.386. The summed E-state index contributed by atoms with van der Waals surface area (Å²) in [5.41, 5.74) is 2.83. The molecule has 148 valence electrons. The highest BCUT2D eigenvalue weighted by Crippen LogP contribution is 2.22. The van der Waals surface area contributed by atoms with Crippen molar-refractivity contribution in [1.82, 2.24) is 9.80 Å². The zero-order valence-electron chi connectivity index (χ0n) is 16.5. The number of amides is 2. The Morgan fingerprint density at radius 2 is 1.54 bits per heavy atom. The van der Waals surface area contributed by atoms with E-state index in [0.29, 0.717) is 37.3 Å². The third-order valence-corrected chi connectivity index (χ3v) is 5.09. The highest BCUT2D eigenvalue weighted by atomic mass is 19.1. The summed E-state index contributed by atoms with van der Waals surface area (Å²) in [6, 6.07) is 10.4. The summed E-state index contributed by atoms with van der Waals surface area (Å²) in [7, 11) is 0. The number of nitrogens with zero attached hydrogens (tertiary/aromatic N) is 2. The van der Waals surface area contributed by atoms with Gasteiger partial charge in [0.15, 0.2) is 6.61 Å². The van der Waals surface area contributed by atoms with Crippen LogP contribution in [0.5, 0.6) is 5.75 Å². The molecule has 0 spiro atoms. The minimum Gasteiger partial charge on any atom is -0.483 e. The van der Waals surface area contributed by atoms with Gasteiger partial charge in [0.1, 0.15) is 11.6 Å². The van der Waals surface area contributed by atoms with E-state index in [1.807, 2.05) is 32.0 Å². The average Bonchev–Trinajstić information content (AvgIpc) is 2.69. The molecule has 0 saturated carbocycles. The van der Waals surface area contributed by atoms with Gasteiger partial charge in [-0.2, -0.15) is 0 Å². The van der Waals surface area contributed by atoms with E-state index in [2.05, 4.69) is 0 Å². The maximum Gasteiger partial charge on any atom is 0.260 e. The zero-order valence-corrected chi connectivity index (χ0v) is 16.5. The molecule has 0 aliphatic carbocycles. The van der Waals surface area contributed by atoms with Crippen LogP contribution >= 0.6 is 0 Å². The molecule has 0 atom stereocenters. The van der Waals surface area contributed by atoms with Gasteiger partial charge in [-0.1, -0.05) is 24.3 Å². The summed E-state index contributed by atoms with van der Waals surface area (Å²) in [4.78, 5) is 28.4. The van der Waals surface area contributed by atoms with Gasteiger partial charge in [-0.15, -0.1) is 0 Å². The molecule has 1 heterocycles. The molecule has 2 amide bonds. The van der Waals surface area contributed by atoms with Crippen molar-refractivity contribution >= 4 is 11.8 Å². The molecule has 1 fully saturated rings. The number of hydrogen-bond donors (Lipinski definition) is 0. The number of benzene rings is 2. The van der Waals surface area contributed by atoms with Gasteiger partial charge in [0, 0.05) is 31.7 Å². The van der Waals surface area contributed by atoms with Gasteiger partial charge in [-0.25, -0.2) is 4.39 Å². The monoisotopic (exact) mass is 384 g/mol. The third kappa shape index (κ3) is 4.32. The lowest BCUT2D eigenvalue weighted by atomic mass is 10.1. The highest BCUT2D eigenvalue weighted by Gasteiger charge is 2.25. The second-order valence-electron chi connectivity index (χ2n) is 7.15. The summed E-state index contributed by atoms with van der Waals surface area (Å²) < 4.78 is 19.5. The molecule has 0 aromatic heterocycles. The molecule has 2 aromatic carbocycles. The number of aryl methyl sites for hydroxylation is 3. The maximum absolute atomic E-state index is 13.7. The molecular weight excluding hydrogens is 359 g/mol. The van der Waals surface area contributed by atoms with Gasteiger partial charge in [0.2, 0.25) is 0 Å². The van der Waals surface area contributed by atoms with Gasteiger partial charge < -0.3 is 14.5 Å². The van der Waals surface area contributed by atoms with Crippen molar-refractivity contribution in [3.63, 3.8) is 0 Å². The molecule has 1 aliphatic heterocycles. The topological polar surface area (TPSA) is 49.9 Å². The Hall–Kier alpha value is -2.89. The number of carbonyl (C=O) groups is 2. The Bertz CT molecular complexity index is 869. The van der Waals surface area contributed by atoms with Crippen molar-refractivity contribution in [1.29, 1.82) is 0 Å². The number of halogens is 1. The number of rotatable bonds is 4. The summed E-state index contributed by atoms with van der Waals surface area (Å²) in [6.45, 7) is 7.25. The highest BCUT2D eigenvalue weighted by molar-refractivity contribution is 5.94. The van der Waals surface area contributed by atoms with Gasteiger partial charge in [-0.05, 0) is 49.6 Å². The first-order valence-electron chi connectivity index (χ1n) is 9.39. The molecule has 3 rings (SSSR count). The van der Waals surface area contributed by atoms with Gasteiger partial charge in [0.25, 0.3) is 11.8 Å². The molecule has 2 aromatic rings. The SMILES string of the molecule is Cc1ccc(C(=O)N2CCN(C(=O)COc3c(C)cccc3C)CC2)cc1F. The number of hydrogen-bond acceptors (Lipinski definition) is 3. The van der Waals surface area contributed by atoms with Crippen molar-refractivity contribution in [2.24, 2.45) is 0 Å². The van der Waals surface area contributed by atoms with Crippen molar-refractivity contribution in [3.05, 3.63) is 64.5 Å².